The van der Waals surface area contributed by atoms with Crippen LogP contribution in [0.25, 0.3) is 0 Å². The molecule has 0 saturated carbocycles. The van der Waals surface area contributed by atoms with Crippen LogP contribution in [0.5, 0.6) is 0 Å². The van der Waals surface area contributed by atoms with E-state index >= 15 is 0 Å². The standard InChI is InChI=1S/C15H23BrN4/c1-2-18-7-9-19(10-8-18)14-5-6-20(12-14)15-4-3-13(16)11-17-15/h3-4,11,14H,2,5-10,12H2,1H3. The maximum atomic E-state index is 4.52. The molecule has 0 amide bonds. The number of anilines is 1. The Hall–Kier alpha value is -0.650. The van der Waals surface area contributed by atoms with Crippen LogP contribution in [0.3, 0.4) is 0 Å². The van der Waals surface area contributed by atoms with Crippen molar-refractivity contribution >= 4 is 21.7 Å². The highest BCUT2D eigenvalue weighted by Gasteiger charge is 2.30. The minimum atomic E-state index is 0.708. The summed E-state index contributed by atoms with van der Waals surface area (Å²) >= 11 is 3.45. The number of hydrogen-bond acceptors (Lipinski definition) is 4. The van der Waals surface area contributed by atoms with Gasteiger partial charge in [0.1, 0.15) is 5.82 Å². The topological polar surface area (TPSA) is 22.6 Å². The Balaban J connectivity index is 1.56. The molecular formula is C15H23BrN4. The smallest absolute Gasteiger partial charge is 0.128 e. The van der Waals surface area contributed by atoms with Crippen molar-refractivity contribution in [2.75, 3.05) is 50.7 Å². The highest BCUT2D eigenvalue weighted by Crippen LogP contribution is 2.23. The Morgan fingerprint density at radius 1 is 1.20 bits per heavy atom. The van der Waals surface area contributed by atoms with Gasteiger partial charge in [0.2, 0.25) is 0 Å². The SMILES string of the molecule is CCN1CCN(C2CCN(c3ccc(Br)cn3)C2)CC1. The molecule has 1 aromatic heterocycles. The van der Waals surface area contributed by atoms with Gasteiger partial charge < -0.3 is 9.80 Å². The van der Waals surface area contributed by atoms with Crippen molar-refractivity contribution in [3.8, 4) is 0 Å². The Kier molecular flexibility index (Phi) is 4.58. The highest BCUT2D eigenvalue weighted by molar-refractivity contribution is 9.10. The van der Waals surface area contributed by atoms with E-state index < -0.39 is 0 Å². The summed E-state index contributed by atoms with van der Waals surface area (Å²) in [5.74, 6) is 1.11. The van der Waals surface area contributed by atoms with Crippen molar-refractivity contribution in [2.24, 2.45) is 0 Å². The minimum Gasteiger partial charge on any atom is -0.355 e. The van der Waals surface area contributed by atoms with Crippen molar-refractivity contribution in [1.29, 1.82) is 0 Å². The molecule has 4 nitrogen and oxygen atoms in total. The van der Waals surface area contributed by atoms with Gasteiger partial charge in [-0.25, -0.2) is 4.98 Å². The van der Waals surface area contributed by atoms with Gasteiger partial charge in [0.25, 0.3) is 0 Å². The van der Waals surface area contributed by atoms with Gasteiger partial charge in [-0.1, -0.05) is 6.92 Å². The fourth-order valence-corrected chi connectivity index (χ4v) is 3.48. The molecule has 2 fully saturated rings. The molecule has 1 aromatic rings. The van der Waals surface area contributed by atoms with Crippen LogP contribution in [0.4, 0.5) is 5.82 Å². The summed E-state index contributed by atoms with van der Waals surface area (Å²) < 4.78 is 1.05. The third kappa shape index (κ3) is 3.15. The summed E-state index contributed by atoms with van der Waals surface area (Å²) in [5.41, 5.74) is 0. The highest BCUT2D eigenvalue weighted by atomic mass is 79.9. The minimum absolute atomic E-state index is 0.708. The lowest BCUT2D eigenvalue weighted by molar-refractivity contribution is 0.107. The van der Waals surface area contributed by atoms with Crippen LogP contribution in [0.2, 0.25) is 0 Å². The van der Waals surface area contributed by atoms with E-state index in [9.17, 15) is 0 Å². The molecule has 2 aliphatic heterocycles. The van der Waals surface area contributed by atoms with Crippen molar-refractivity contribution < 1.29 is 0 Å². The Labute approximate surface area is 129 Å². The predicted octanol–water partition coefficient (Wildman–Crippen LogP) is 2.06. The normalized spacial score (nSPS) is 25.3. The van der Waals surface area contributed by atoms with Crippen molar-refractivity contribution in [1.82, 2.24) is 14.8 Å². The summed E-state index contributed by atoms with van der Waals surface area (Å²) in [6, 6.07) is 4.90. The van der Waals surface area contributed by atoms with E-state index in [0.29, 0.717) is 6.04 Å². The third-order valence-corrected chi connectivity index (χ3v) is 5.04. The summed E-state index contributed by atoms with van der Waals surface area (Å²) in [6.07, 6.45) is 3.16. The first-order valence-corrected chi connectivity index (χ1v) is 8.38. The van der Waals surface area contributed by atoms with Crippen LogP contribution in [-0.2, 0) is 0 Å². The van der Waals surface area contributed by atoms with E-state index in [0.717, 1.165) is 23.4 Å². The van der Waals surface area contributed by atoms with Gasteiger partial charge in [-0.15, -0.1) is 0 Å². The number of rotatable bonds is 3. The Morgan fingerprint density at radius 3 is 2.65 bits per heavy atom. The second-order valence-electron chi connectivity index (χ2n) is 5.69. The molecule has 1 unspecified atom stereocenters. The summed E-state index contributed by atoms with van der Waals surface area (Å²) in [5, 5.41) is 0. The average Bonchev–Trinajstić information content (AvgIpc) is 2.98. The van der Waals surface area contributed by atoms with E-state index in [2.05, 4.69) is 54.7 Å². The van der Waals surface area contributed by atoms with Crippen molar-refractivity contribution in [2.45, 2.75) is 19.4 Å². The van der Waals surface area contributed by atoms with Crippen LogP contribution in [0.15, 0.2) is 22.8 Å². The van der Waals surface area contributed by atoms with E-state index in [1.165, 1.54) is 39.1 Å². The number of pyridine rings is 1. The number of nitrogens with zero attached hydrogens (tertiary/aromatic N) is 4. The number of likely N-dealkylation sites (N-methyl/N-ethyl adjacent to an activating group) is 1. The number of piperazine rings is 1. The van der Waals surface area contributed by atoms with E-state index in [1.54, 1.807) is 0 Å². The van der Waals surface area contributed by atoms with E-state index in [4.69, 9.17) is 0 Å². The van der Waals surface area contributed by atoms with E-state index in [-0.39, 0.29) is 0 Å². The predicted molar refractivity (Wildman–Crippen MR) is 86.2 cm³/mol. The molecule has 0 radical (unpaired) electrons. The average molecular weight is 339 g/mol. The van der Waals surface area contributed by atoms with Crippen LogP contribution in [0.1, 0.15) is 13.3 Å². The van der Waals surface area contributed by atoms with Crippen LogP contribution in [-0.4, -0.2) is 66.6 Å². The van der Waals surface area contributed by atoms with Gasteiger partial charge in [-0.3, -0.25) is 4.90 Å². The third-order valence-electron chi connectivity index (χ3n) is 4.57. The first kappa shape index (κ1) is 14.3. The molecule has 3 heterocycles. The lowest BCUT2D eigenvalue weighted by Gasteiger charge is -2.37. The van der Waals surface area contributed by atoms with Crippen molar-refractivity contribution in [3.63, 3.8) is 0 Å². The fourth-order valence-electron chi connectivity index (χ4n) is 3.25. The molecule has 5 heteroatoms. The first-order valence-electron chi connectivity index (χ1n) is 7.59. The van der Waals surface area contributed by atoms with Gasteiger partial charge in [-0.2, -0.15) is 0 Å². The van der Waals surface area contributed by atoms with E-state index in [1.807, 2.05) is 6.20 Å². The summed E-state index contributed by atoms with van der Waals surface area (Å²) in [6.45, 7) is 10.6. The van der Waals surface area contributed by atoms with Crippen LogP contribution < -0.4 is 4.90 Å². The van der Waals surface area contributed by atoms with Gasteiger partial charge >= 0.3 is 0 Å². The van der Waals surface area contributed by atoms with Crippen molar-refractivity contribution in [3.05, 3.63) is 22.8 Å². The first-order chi connectivity index (χ1) is 9.76. The molecular weight excluding hydrogens is 316 g/mol. The Morgan fingerprint density at radius 2 is 2.00 bits per heavy atom. The summed E-state index contributed by atoms with van der Waals surface area (Å²) in [7, 11) is 0. The molecule has 0 aliphatic carbocycles. The number of hydrogen-bond donors (Lipinski definition) is 0. The quantitative estimate of drug-likeness (QED) is 0.841. The van der Waals surface area contributed by atoms with Gasteiger partial charge in [0.15, 0.2) is 0 Å². The maximum absolute atomic E-state index is 4.52. The number of halogens is 1. The molecule has 20 heavy (non-hydrogen) atoms. The second-order valence-corrected chi connectivity index (χ2v) is 6.61. The maximum Gasteiger partial charge on any atom is 0.128 e. The monoisotopic (exact) mass is 338 g/mol. The molecule has 2 aliphatic rings. The summed E-state index contributed by atoms with van der Waals surface area (Å²) in [4.78, 5) is 12.2. The van der Waals surface area contributed by atoms with Gasteiger partial charge in [0.05, 0.1) is 0 Å². The number of aromatic nitrogens is 1. The van der Waals surface area contributed by atoms with Gasteiger partial charge in [-0.05, 0) is 41.0 Å². The van der Waals surface area contributed by atoms with Crippen LogP contribution in [0, 0.1) is 0 Å². The molecule has 110 valence electrons. The zero-order valence-corrected chi connectivity index (χ0v) is 13.7. The molecule has 0 spiro atoms. The molecule has 3 rings (SSSR count). The molecule has 0 N–H and O–H groups in total. The molecule has 0 aromatic carbocycles. The fraction of sp³-hybridized carbons (Fsp3) is 0.667. The Bertz CT molecular complexity index is 428. The molecule has 0 bridgehead atoms. The molecule has 2 saturated heterocycles. The largest absolute Gasteiger partial charge is 0.355 e. The zero-order chi connectivity index (χ0) is 13.9. The van der Waals surface area contributed by atoms with Gasteiger partial charge in [0, 0.05) is 56.0 Å². The lowest BCUT2D eigenvalue weighted by Crippen LogP contribution is -2.50. The lowest BCUT2D eigenvalue weighted by atomic mass is 10.2. The zero-order valence-electron chi connectivity index (χ0n) is 12.1. The van der Waals surface area contributed by atoms with Crippen LogP contribution >= 0.6 is 15.9 Å². The molecule has 1 atom stereocenters. The second kappa shape index (κ2) is 6.41.